The first-order valence-electron chi connectivity index (χ1n) is 10.2. The number of carbonyl (C=O) groups excluding carboxylic acids is 1. The average molecular weight is 379 g/mol. The van der Waals surface area contributed by atoms with Crippen molar-refractivity contribution in [1.82, 2.24) is 4.90 Å². The molecule has 5 rings (SSSR count). The van der Waals surface area contributed by atoms with Crippen LogP contribution in [0.1, 0.15) is 53.6 Å². The van der Waals surface area contributed by atoms with Crippen molar-refractivity contribution in [2.45, 2.75) is 51.1 Å². The first-order chi connectivity index (χ1) is 13.8. The third-order valence-corrected chi connectivity index (χ3v) is 6.04. The van der Waals surface area contributed by atoms with E-state index in [1.54, 1.807) is 0 Å². The lowest BCUT2D eigenvalue weighted by molar-refractivity contribution is 0.0608. The molecule has 0 bridgehead atoms. The summed E-state index contributed by atoms with van der Waals surface area (Å²) in [6.07, 6.45) is 6.56. The summed E-state index contributed by atoms with van der Waals surface area (Å²) in [5, 5.41) is 0. The summed E-state index contributed by atoms with van der Waals surface area (Å²) < 4.78 is 17.0. The SMILES string of the molecule is O=C(c1cccc2c1OCC2)N(Cc1cccc2c1OCO2)C1CCCCC1. The first kappa shape index (κ1) is 17.4. The highest BCUT2D eigenvalue weighted by Gasteiger charge is 2.31. The summed E-state index contributed by atoms with van der Waals surface area (Å²) in [6, 6.07) is 12.1. The number of amides is 1. The monoisotopic (exact) mass is 379 g/mol. The van der Waals surface area contributed by atoms with Crippen LogP contribution in [0, 0.1) is 0 Å². The number of ether oxygens (including phenoxy) is 3. The van der Waals surface area contributed by atoms with Crippen molar-refractivity contribution in [1.29, 1.82) is 0 Å². The Balaban J connectivity index is 1.49. The second-order valence-corrected chi connectivity index (χ2v) is 7.77. The van der Waals surface area contributed by atoms with Gasteiger partial charge in [-0.15, -0.1) is 0 Å². The predicted octanol–water partition coefficient (Wildman–Crippen LogP) is 4.33. The smallest absolute Gasteiger partial charge is 0.258 e. The van der Waals surface area contributed by atoms with Crippen LogP contribution >= 0.6 is 0 Å². The Bertz CT molecular complexity index is 888. The van der Waals surface area contributed by atoms with Gasteiger partial charge in [-0.1, -0.05) is 43.5 Å². The molecule has 28 heavy (non-hydrogen) atoms. The van der Waals surface area contributed by atoms with Crippen LogP contribution in [0.15, 0.2) is 36.4 Å². The number of rotatable bonds is 4. The van der Waals surface area contributed by atoms with Gasteiger partial charge in [0.1, 0.15) is 5.75 Å². The number of nitrogens with zero attached hydrogens (tertiary/aromatic N) is 1. The Labute approximate surface area is 165 Å². The lowest BCUT2D eigenvalue weighted by atomic mass is 9.93. The van der Waals surface area contributed by atoms with Gasteiger partial charge in [0.2, 0.25) is 6.79 Å². The van der Waals surface area contributed by atoms with Crippen molar-refractivity contribution < 1.29 is 19.0 Å². The van der Waals surface area contributed by atoms with Crippen LogP contribution in [0.25, 0.3) is 0 Å². The fourth-order valence-electron chi connectivity index (χ4n) is 4.60. The number of carbonyl (C=O) groups is 1. The standard InChI is InChI=1S/C23H25NO4/c25-23(19-10-4-6-16-12-13-26-21(16)19)24(18-8-2-1-3-9-18)14-17-7-5-11-20-22(17)28-15-27-20/h4-7,10-11,18H,1-3,8-9,12-15H2. The Hall–Kier alpha value is -2.69. The normalized spacial score (nSPS) is 17.9. The third kappa shape index (κ3) is 3.09. The van der Waals surface area contributed by atoms with E-state index in [4.69, 9.17) is 14.2 Å². The molecule has 0 saturated heterocycles. The van der Waals surface area contributed by atoms with Crippen molar-refractivity contribution in [3.8, 4) is 17.2 Å². The quantitative estimate of drug-likeness (QED) is 0.794. The highest BCUT2D eigenvalue weighted by Crippen LogP contribution is 2.38. The van der Waals surface area contributed by atoms with Gasteiger partial charge >= 0.3 is 0 Å². The number of benzene rings is 2. The van der Waals surface area contributed by atoms with E-state index in [1.807, 2.05) is 35.2 Å². The fraction of sp³-hybridized carbons (Fsp3) is 0.435. The maximum absolute atomic E-state index is 13.7. The molecule has 3 aliphatic rings. The first-order valence-corrected chi connectivity index (χ1v) is 10.2. The van der Waals surface area contributed by atoms with Crippen LogP contribution in [0.4, 0.5) is 0 Å². The van der Waals surface area contributed by atoms with E-state index in [0.717, 1.165) is 47.6 Å². The lowest BCUT2D eigenvalue weighted by Crippen LogP contribution is -2.41. The second-order valence-electron chi connectivity index (χ2n) is 7.77. The molecule has 2 aromatic rings. The van der Waals surface area contributed by atoms with E-state index < -0.39 is 0 Å². The second kappa shape index (κ2) is 7.38. The van der Waals surface area contributed by atoms with Crippen molar-refractivity contribution in [2.75, 3.05) is 13.4 Å². The molecule has 2 aliphatic heterocycles. The molecular formula is C23H25NO4. The van der Waals surface area contributed by atoms with Gasteiger partial charge in [0.15, 0.2) is 11.5 Å². The largest absolute Gasteiger partial charge is 0.492 e. The molecule has 5 nitrogen and oxygen atoms in total. The molecule has 1 amide bonds. The Morgan fingerprint density at radius 2 is 1.82 bits per heavy atom. The van der Waals surface area contributed by atoms with Crippen LogP contribution in [0.3, 0.4) is 0 Å². The molecule has 0 atom stereocenters. The van der Waals surface area contributed by atoms with Gasteiger partial charge in [-0.25, -0.2) is 0 Å². The molecule has 2 heterocycles. The highest BCUT2D eigenvalue weighted by molar-refractivity contribution is 5.97. The molecule has 0 unspecified atom stereocenters. The lowest BCUT2D eigenvalue weighted by Gasteiger charge is -2.35. The van der Waals surface area contributed by atoms with E-state index in [2.05, 4.69) is 6.07 Å². The molecule has 0 N–H and O–H groups in total. The van der Waals surface area contributed by atoms with Gasteiger partial charge in [-0.3, -0.25) is 4.79 Å². The van der Waals surface area contributed by atoms with Crippen LogP contribution in [-0.2, 0) is 13.0 Å². The summed E-state index contributed by atoms with van der Waals surface area (Å²) in [5.74, 6) is 2.36. The summed E-state index contributed by atoms with van der Waals surface area (Å²) in [6.45, 7) is 1.42. The molecule has 1 aliphatic carbocycles. The van der Waals surface area contributed by atoms with Gasteiger partial charge in [0.05, 0.1) is 18.7 Å². The maximum Gasteiger partial charge on any atom is 0.258 e. The van der Waals surface area contributed by atoms with E-state index >= 15 is 0 Å². The van der Waals surface area contributed by atoms with Crippen LogP contribution in [0.2, 0.25) is 0 Å². The average Bonchev–Trinajstić information content (AvgIpc) is 3.41. The van der Waals surface area contributed by atoms with E-state index in [-0.39, 0.29) is 18.7 Å². The topological polar surface area (TPSA) is 48.0 Å². The van der Waals surface area contributed by atoms with Crippen molar-refractivity contribution >= 4 is 5.91 Å². The molecule has 0 spiro atoms. The zero-order valence-electron chi connectivity index (χ0n) is 16.0. The molecule has 1 saturated carbocycles. The molecule has 146 valence electrons. The van der Waals surface area contributed by atoms with Gasteiger partial charge < -0.3 is 19.1 Å². The van der Waals surface area contributed by atoms with Gasteiger partial charge in [0, 0.05) is 18.0 Å². The number of hydrogen-bond acceptors (Lipinski definition) is 4. The van der Waals surface area contributed by atoms with E-state index in [1.165, 1.54) is 19.3 Å². The van der Waals surface area contributed by atoms with Crippen molar-refractivity contribution in [3.05, 3.63) is 53.1 Å². The minimum Gasteiger partial charge on any atom is -0.492 e. The summed E-state index contributed by atoms with van der Waals surface area (Å²) in [5.41, 5.74) is 2.82. The van der Waals surface area contributed by atoms with Crippen LogP contribution in [-0.4, -0.2) is 30.2 Å². The third-order valence-electron chi connectivity index (χ3n) is 6.04. The van der Waals surface area contributed by atoms with Crippen LogP contribution in [0.5, 0.6) is 17.2 Å². The van der Waals surface area contributed by atoms with Gasteiger partial charge in [-0.05, 0) is 30.5 Å². The maximum atomic E-state index is 13.7. The fourth-order valence-corrected chi connectivity index (χ4v) is 4.60. The zero-order chi connectivity index (χ0) is 18.9. The Kier molecular flexibility index (Phi) is 4.59. The molecule has 0 aromatic heterocycles. The Morgan fingerprint density at radius 3 is 2.71 bits per heavy atom. The predicted molar refractivity (Wildman–Crippen MR) is 105 cm³/mol. The summed E-state index contributed by atoms with van der Waals surface area (Å²) in [4.78, 5) is 15.7. The summed E-state index contributed by atoms with van der Waals surface area (Å²) in [7, 11) is 0. The minimum absolute atomic E-state index is 0.0576. The van der Waals surface area contributed by atoms with Gasteiger partial charge in [-0.2, -0.15) is 0 Å². The number of fused-ring (bicyclic) bond motifs is 2. The zero-order valence-corrected chi connectivity index (χ0v) is 16.0. The minimum atomic E-state index is 0.0576. The molecule has 1 fully saturated rings. The van der Waals surface area contributed by atoms with Gasteiger partial charge in [0.25, 0.3) is 5.91 Å². The molecule has 5 heteroatoms. The Morgan fingerprint density at radius 1 is 0.964 bits per heavy atom. The van der Waals surface area contributed by atoms with Crippen molar-refractivity contribution in [2.24, 2.45) is 0 Å². The van der Waals surface area contributed by atoms with Crippen molar-refractivity contribution in [3.63, 3.8) is 0 Å². The van der Waals surface area contributed by atoms with E-state index in [0.29, 0.717) is 18.7 Å². The molecular weight excluding hydrogens is 354 g/mol. The van der Waals surface area contributed by atoms with E-state index in [9.17, 15) is 4.79 Å². The van der Waals surface area contributed by atoms with Crippen LogP contribution < -0.4 is 14.2 Å². The highest BCUT2D eigenvalue weighted by atomic mass is 16.7. The number of para-hydroxylation sites is 2. The number of hydrogen-bond donors (Lipinski definition) is 0. The molecule has 2 aromatic carbocycles. The summed E-state index contributed by atoms with van der Waals surface area (Å²) >= 11 is 0. The molecule has 0 radical (unpaired) electrons.